The Labute approximate surface area is 361 Å². The first kappa shape index (κ1) is 46.2. The van der Waals surface area contributed by atoms with Crippen LogP contribution in [0.3, 0.4) is 0 Å². The molecule has 2 heterocycles. The molecule has 7 rings (SSSR count). The summed E-state index contributed by atoms with van der Waals surface area (Å²) in [5.74, 6) is -6.65. The molecule has 9 N–H and O–H groups in total. The minimum absolute atomic E-state index is 0.00468. The third kappa shape index (κ3) is 8.23. The van der Waals surface area contributed by atoms with Crippen LogP contribution in [0.4, 0.5) is 9.18 Å². The zero-order valence-corrected chi connectivity index (χ0v) is 34.1. The highest BCUT2D eigenvalue weighted by molar-refractivity contribution is 6.31. The number of hydrogen-bond donors (Lipinski definition) is 9. The fraction of sp³-hybridized carbons (Fsp3) is 0.452. The summed E-state index contributed by atoms with van der Waals surface area (Å²) in [7, 11) is 2.26. The molecule has 344 valence electrons. The van der Waals surface area contributed by atoms with Crippen LogP contribution in [0.1, 0.15) is 74.4 Å². The summed E-state index contributed by atoms with van der Waals surface area (Å²) in [4.78, 5) is 66.1. The van der Waals surface area contributed by atoms with E-state index in [2.05, 4.69) is 10.1 Å². The number of aromatic hydroxyl groups is 2. The number of fused-ring (bicyclic) bond motifs is 3. The maximum atomic E-state index is 14.4. The van der Waals surface area contributed by atoms with Crippen LogP contribution < -0.4 is 14.8 Å². The number of aliphatic hydroxyl groups excluding tert-OH is 5. The molecule has 3 aromatic carbocycles. The van der Waals surface area contributed by atoms with Crippen LogP contribution in [0.5, 0.6) is 23.0 Å². The van der Waals surface area contributed by atoms with Crippen LogP contribution >= 0.6 is 0 Å². The zero-order valence-electron chi connectivity index (χ0n) is 34.1. The maximum Gasteiger partial charge on any atom is 0.407 e. The summed E-state index contributed by atoms with van der Waals surface area (Å²) in [5, 5.41) is 89.3. The van der Waals surface area contributed by atoms with Crippen molar-refractivity contribution in [2.45, 2.75) is 99.7 Å². The number of esters is 1. The molecule has 2 fully saturated rings. The lowest BCUT2D eigenvalue weighted by atomic mass is 9.72. The van der Waals surface area contributed by atoms with Crippen LogP contribution in [0.25, 0.3) is 0 Å². The van der Waals surface area contributed by atoms with Crippen molar-refractivity contribution in [3.05, 3.63) is 81.2 Å². The standard InChI is InChI=1S/C42H44FNO20/c1-15-30(47)20(44-41(56)60-14-16-9-17(43)7-8-21(16)63-40-37(54)35(52)36(53)38(64-40)39(55)59-3)10-25(61-15)62-23-12-42(57,24(46)13-45)11-19-27(23)34(51)29-28(32(19)49)31(48)18-5-4-6-22(58-2)26(18)33(29)50/h4-9,15,20,23,25,30,35-38,40,45,47,49,51-54,57H,10-14H2,1-3H3,(H,44,56)/t15-,20-,23-,25-,30+,35-,36-,37+,38-,40+,42-/m0/s1. The van der Waals surface area contributed by atoms with E-state index in [0.717, 1.165) is 25.3 Å². The van der Waals surface area contributed by atoms with Gasteiger partial charge in [-0.15, -0.1) is 0 Å². The number of aliphatic hydroxyl groups is 6. The number of alkyl carbamates (subject to hydrolysis) is 1. The molecule has 0 radical (unpaired) electrons. The second-order valence-corrected chi connectivity index (χ2v) is 15.6. The number of carbonyl (C=O) groups excluding carboxylic acids is 5. The average Bonchev–Trinajstić information content (AvgIpc) is 3.27. The molecule has 11 atom stereocenters. The van der Waals surface area contributed by atoms with E-state index in [4.69, 9.17) is 28.4 Å². The van der Waals surface area contributed by atoms with Crippen molar-refractivity contribution in [3.8, 4) is 23.0 Å². The van der Waals surface area contributed by atoms with E-state index in [9.17, 15) is 69.2 Å². The Morgan fingerprint density at radius 3 is 2.31 bits per heavy atom. The van der Waals surface area contributed by atoms with Crippen LogP contribution in [0.15, 0.2) is 36.4 Å². The van der Waals surface area contributed by atoms with Gasteiger partial charge in [0.05, 0.1) is 49.2 Å². The molecule has 0 unspecified atom stereocenters. The van der Waals surface area contributed by atoms with Crippen molar-refractivity contribution in [1.29, 1.82) is 0 Å². The van der Waals surface area contributed by atoms with Gasteiger partial charge in [0.25, 0.3) is 0 Å². The number of ether oxygens (including phenoxy) is 7. The summed E-state index contributed by atoms with van der Waals surface area (Å²) < 4.78 is 52.6. The second kappa shape index (κ2) is 18.0. The second-order valence-electron chi connectivity index (χ2n) is 15.6. The molecule has 0 bridgehead atoms. The Bertz CT molecular complexity index is 2370. The molecular weight excluding hydrogens is 857 g/mol. The Morgan fingerprint density at radius 1 is 0.906 bits per heavy atom. The zero-order chi connectivity index (χ0) is 46.5. The molecule has 2 saturated heterocycles. The number of Topliss-reactive ketones (excluding diaryl/α,β-unsaturated/α-hetero) is 1. The quantitative estimate of drug-likeness (QED) is 0.0675. The predicted molar refractivity (Wildman–Crippen MR) is 207 cm³/mol. The summed E-state index contributed by atoms with van der Waals surface area (Å²) in [6, 6.07) is 5.89. The molecule has 0 saturated carbocycles. The van der Waals surface area contributed by atoms with E-state index in [1.54, 1.807) is 0 Å². The van der Waals surface area contributed by atoms with Crippen LogP contribution in [-0.4, -0.2) is 152 Å². The molecule has 22 heteroatoms. The molecule has 3 aromatic rings. The summed E-state index contributed by atoms with van der Waals surface area (Å²) in [6.07, 6.45) is -17.8. The summed E-state index contributed by atoms with van der Waals surface area (Å²) >= 11 is 0. The van der Waals surface area contributed by atoms with E-state index < -0.39 is 151 Å². The molecule has 21 nitrogen and oxygen atoms in total. The van der Waals surface area contributed by atoms with Crippen molar-refractivity contribution in [3.63, 3.8) is 0 Å². The normalized spacial score (nSPS) is 29.7. The Hall–Kier alpha value is -5.82. The first-order chi connectivity index (χ1) is 30.3. The number of halogens is 1. The number of nitrogens with one attached hydrogen (secondary N) is 1. The van der Waals surface area contributed by atoms with Crippen molar-refractivity contribution >= 4 is 29.4 Å². The number of benzene rings is 3. The fourth-order valence-electron chi connectivity index (χ4n) is 8.35. The number of amides is 1. The van der Waals surface area contributed by atoms with Crippen molar-refractivity contribution in [1.82, 2.24) is 5.32 Å². The lowest BCUT2D eigenvalue weighted by Crippen LogP contribution is -2.61. The molecule has 1 amide bonds. The van der Waals surface area contributed by atoms with Gasteiger partial charge in [-0.1, -0.05) is 12.1 Å². The van der Waals surface area contributed by atoms with E-state index in [1.807, 2.05) is 0 Å². The fourth-order valence-corrected chi connectivity index (χ4v) is 8.35. The van der Waals surface area contributed by atoms with E-state index >= 15 is 0 Å². The van der Waals surface area contributed by atoms with Gasteiger partial charge in [-0.05, 0) is 31.2 Å². The number of phenols is 2. The lowest BCUT2D eigenvalue weighted by molar-refractivity contribution is -0.272. The van der Waals surface area contributed by atoms with Crippen LogP contribution in [0.2, 0.25) is 0 Å². The van der Waals surface area contributed by atoms with Crippen LogP contribution in [0, 0.1) is 5.82 Å². The van der Waals surface area contributed by atoms with Gasteiger partial charge in [-0.25, -0.2) is 14.0 Å². The minimum atomic E-state index is -2.44. The van der Waals surface area contributed by atoms with Gasteiger partial charge in [0, 0.05) is 41.5 Å². The molecule has 2 aliphatic carbocycles. The Kier molecular flexibility index (Phi) is 13.0. The van der Waals surface area contributed by atoms with Crippen LogP contribution in [-0.2, 0) is 46.3 Å². The predicted octanol–water partition coefficient (Wildman–Crippen LogP) is -0.532. The molecule has 0 aromatic heterocycles. The van der Waals surface area contributed by atoms with Crippen molar-refractivity contribution < 1.29 is 102 Å². The van der Waals surface area contributed by atoms with Gasteiger partial charge in [0.2, 0.25) is 12.1 Å². The number of methoxy groups -OCH3 is 2. The minimum Gasteiger partial charge on any atom is -0.507 e. The topological polar surface area (TPSA) is 324 Å². The highest BCUT2D eigenvalue weighted by Crippen LogP contribution is 2.52. The van der Waals surface area contributed by atoms with E-state index in [0.29, 0.717) is 0 Å². The van der Waals surface area contributed by atoms with Gasteiger partial charge in [-0.3, -0.25) is 14.4 Å². The van der Waals surface area contributed by atoms with Gasteiger partial charge >= 0.3 is 12.1 Å². The van der Waals surface area contributed by atoms with Crippen molar-refractivity contribution in [2.75, 3.05) is 20.8 Å². The molecule has 64 heavy (non-hydrogen) atoms. The van der Waals surface area contributed by atoms with Gasteiger partial charge in [0.1, 0.15) is 72.0 Å². The highest BCUT2D eigenvalue weighted by atomic mass is 19.1. The number of rotatable bonds is 11. The number of phenolic OH excluding ortho intramolecular Hbond substituents is 2. The molecular formula is C42H44FNO20. The SMILES string of the molecule is COC(=O)[C@H]1O[C@@H](Oc2ccc(F)cc2COC(=O)N[C@H]2C[C@H](O[C@H]3C[C@](O)(C(=O)CO)Cc4c(O)c5c(c(O)c43)C(=O)c3c(OC)cccc3C5=O)O[C@@H](C)[C@H]2O)[C@H](O)[C@@H](O)[C@@H]1O. The molecule has 0 spiro atoms. The van der Waals surface area contributed by atoms with Gasteiger partial charge in [0.15, 0.2) is 24.0 Å². The third-order valence-corrected chi connectivity index (χ3v) is 11.7. The number of ketones is 3. The first-order valence-corrected chi connectivity index (χ1v) is 19.7. The summed E-state index contributed by atoms with van der Waals surface area (Å²) in [6.45, 7) is -0.446. The molecule has 2 aliphatic heterocycles. The van der Waals surface area contributed by atoms with E-state index in [-0.39, 0.29) is 45.7 Å². The van der Waals surface area contributed by atoms with Crippen molar-refractivity contribution in [2.24, 2.45) is 0 Å². The van der Waals surface area contributed by atoms with Gasteiger partial charge < -0.3 is 79.3 Å². The third-order valence-electron chi connectivity index (χ3n) is 11.7. The number of carbonyl (C=O) groups is 5. The monoisotopic (exact) mass is 901 g/mol. The van der Waals surface area contributed by atoms with E-state index in [1.165, 1.54) is 32.2 Å². The maximum absolute atomic E-state index is 14.4. The van der Waals surface area contributed by atoms with Gasteiger partial charge in [-0.2, -0.15) is 0 Å². The highest BCUT2D eigenvalue weighted by Gasteiger charge is 2.51. The summed E-state index contributed by atoms with van der Waals surface area (Å²) in [5.41, 5.74) is -4.75. The largest absolute Gasteiger partial charge is 0.507 e. The number of hydrogen-bond acceptors (Lipinski definition) is 20. The lowest BCUT2D eigenvalue weighted by Gasteiger charge is -2.42. The Balaban J connectivity index is 1.11. The smallest absolute Gasteiger partial charge is 0.407 e. The average molecular weight is 902 g/mol. The Morgan fingerprint density at radius 2 is 1.62 bits per heavy atom. The first-order valence-electron chi connectivity index (χ1n) is 19.7. The molecule has 4 aliphatic rings.